The lowest BCUT2D eigenvalue weighted by atomic mass is 10.2. The Bertz CT molecular complexity index is 1460. The Labute approximate surface area is 218 Å². The number of hydrogen-bond acceptors (Lipinski definition) is 8. The number of hydrogen-bond donors (Lipinski definition) is 1. The molecule has 0 saturated carbocycles. The Hall–Kier alpha value is -3.99. The van der Waals surface area contributed by atoms with E-state index < -0.39 is 23.3 Å². The minimum Gasteiger partial charge on any atom is -0.497 e. The molecule has 1 aromatic heterocycles. The molecule has 1 heterocycles. The van der Waals surface area contributed by atoms with E-state index in [1.165, 1.54) is 11.7 Å². The molecule has 0 unspecified atom stereocenters. The van der Waals surface area contributed by atoms with Crippen LogP contribution >= 0.6 is 11.6 Å². The van der Waals surface area contributed by atoms with E-state index in [4.69, 9.17) is 31.7 Å². The summed E-state index contributed by atoms with van der Waals surface area (Å²) >= 11 is 6.35. The normalized spacial score (nSPS) is 12.5. The molecular weight excluding hydrogens is 502 g/mol. The molecule has 2 N–H and O–H groups in total. The van der Waals surface area contributed by atoms with Crippen LogP contribution in [0.3, 0.4) is 0 Å². The Morgan fingerprint density at radius 2 is 1.70 bits per heavy atom. The molecule has 37 heavy (non-hydrogen) atoms. The Kier molecular flexibility index (Phi) is 8.82. The standard InChI is InChI=1S/C25H30ClN5O6/c1-15(2)37-21-11-8-18(12-20(21)26)28-23-29(14-17-6-9-19(35-4)10-7-17)24(33)30(25(34)31(23)27)13-16(3)22(32)36-5/h6-12,15-16H,13-14,27H2,1-5H3/t16-/m0/s1. The van der Waals surface area contributed by atoms with Gasteiger partial charge in [-0.1, -0.05) is 30.7 Å². The first-order chi connectivity index (χ1) is 17.5. The first-order valence-corrected chi connectivity index (χ1v) is 11.9. The molecule has 0 radical (unpaired) electrons. The summed E-state index contributed by atoms with van der Waals surface area (Å²) in [4.78, 5) is 43.1. The average Bonchev–Trinajstić information content (AvgIpc) is 2.88. The molecule has 0 aliphatic rings. The van der Waals surface area contributed by atoms with Gasteiger partial charge in [-0.25, -0.2) is 19.1 Å². The van der Waals surface area contributed by atoms with Gasteiger partial charge in [0.15, 0.2) is 0 Å². The van der Waals surface area contributed by atoms with Crippen LogP contribution in [0.5, 0.6) is 11.5 Å². The van der Waals surface area contributed by atoms with Gasteiger partial charge in [0.1, 0.15) is 11.5 Å². The number of carbonyl (C=O) groups is 1. The second kappa shape index (κ2) is 11.8. The van der Waals surface area contributed by atoms with Crippen LogP contribution in [0.25, 0.3) is 0 Å². The Balaban J connectivity index is 2.21. The van der Waals surface area contributed by atoms with Crippen molar-refractivity contribution in [3.05, 3.63) is 79.6 Å². The van der Waals surface area contributed by atoms with Crippen LogP contribution < -0.4 is 32.3 Å². The minimum atomic E-state index is -0.837. The number of halogens is 1. The molecular formula is C25H30ClN5O6. The van der Waals surface area contributed by atoms with Gasteiger partial charge in [-0.15, -0.1) is 0 Å². The Morgan fingerprint density at radius 1 is 1.03 bits per heavy atom. The van der Waals surface area contributed by atoms with Gasteiger partial charge in [0.25, 0.3) is 0 Å². The van der Waals surface area contributed by atoms with E-state index in [-0.39, 0.29) is 24.8 Å². The molecule has 3 rings (SSSR count). The van der Waals surface area contributed by atoms with Crippen molar-refractivity contribution in [2.75, 3.05) is 20.1 Å². The van der Waals surface area contributed by atoms with Crippen LogP contribution in [0.1, 0.15) is 26.3 Å². The van der Waals surface area contributed by atoms with E-state index >= 15 is 0 Å². The van der Waals surface area contributed by atoms with Crippen molar-refractivity contribution in [2.24, 2.45) is 10.9 Å². The highest BCUT2D eigenvalue weighted by Gasteiger charge is 2.20. The second-order valence-corrected chi connectivity index (χ2v) is 9.00. The predicted octanol–water partition coefficient (Wildman–Crippen LogP) is 2.06. The highest BCUT2D eigenvalue weighted by atomic mass is 35.5. The maximum absolute atomic E-state index is 13.5. The van der Waals surface area contributed by atoms with Crippen LogP contribution in [0, 0.1) is 5.92 Å². The fourth-order valence-electron chi connectivity index (χ4n) is 3.55. The summed E-state index contributed by atoms with van der Waals surface area (Å²) in [6.45, 7) is 5.11. The number of rotatable bonds is 9. The predicted molar refractivity (Wildman–Crippen MR) is 139 cm³/mol. The largest absolute Gasteiger partial charge is 0.497 e. The van der Waals surface area contributed by atoms with Gasteiger partial charge in [0, 0.05) is 6.54 Å². The molecule has 1 atom stereocenters. The number of esters is 1. The van der Waals surface area contributed by atoms with Crippen molar-refractivity contribution in [1.29, 1.82) is 0 Å². The highest BCUT2D eigenvalue weighted by molar-refractivity contribution is 6.32. The van der Waals surface area contributed by atoms with Crippen molar-refractivity contribution < 1.29 is 19.0 Å². The Morgan fingerprint density at radius 3 is 2.27 bits per heavy atom. The minimum absolute atomic E-state index is 0.0357. The fraction of sp³-hybridized carbons (Fsp3) is 0.360. The quantitative estimate of drug-likeness (QED) is 0.330. The third-order valence-electron chi connectivity index (χ3n) is 5.42. The molecule has 0 amide bonds. The lowest BCUT2D eigenvalue weighted by Gasteiger charge is -2.16. The van der Waals surface area contributed by atoms with E-state index in [9.17, 15) is 14.4 Å². The number of nitrogen functional groups attached to an aromatic ring is 1. The molecule has 12 heteroatoms. The maximum atomic E-state index is 13.5. The number of nitrogens with zero attached hydrogens (tertiary/aromatic N) is 4. The van der Waals surface area contributed by atoms with Gasteiger partial charge < -0.3 is 20.1 Å². The van der Waals surface area contributed by atoms with E-state index in [1.54, 1.807) is 56.5 Å². The molecule has 0 aliphatic carbocycles. The molecule has 2 aromatic carbocycles. The summed E-state index contributed by atoms with van der Waals surface area (Å²) in [5.74, 6) is 5.94. The van der Waals surface area contributed by atoms with Crippen molar-refractivity contribution in [2.45, 2.75) is 40.0 Å². The van der Waals surface area contributed by atoms with Crippen molar-refractivity contribution in [3.8, 4) is 11.5 Å². The van der Waals surface area contributed by atoms with E-state index in [2.05, 4.69) is 4.99 Å². The molecule has 3 aromatic rings. The molecule has 11 nitrogen and oxygen atoms in total. The number of benzene rings is 2. The summed E-state index contributed by atoms with van der Waals surface area (Å²) in [5, 5.41) is 0.308. The van der Waals surface area contributed by atoms with Crippen LogP contribution in [-0.2, 0) is 22.6 Å². The van der Waals surface area contributed by atoms with E-state index in [0.717, 1.165) is 14.8 Å². The summed E-state index contributed by atoms with van der Waals surface area (Å²) in [7, 11) is 2.78. The molecule has 0 fully saturated rings. The number of aromatic nitrogens is 3. The number of nitrogens with two attached hydrogens (primary N) is 1. The average molecular weight is 532 g/mol. The van der Waals surface area contributed by atoms with Crippen LogP contribution in [0.2, 0.25) is 5.02 Å². The molecule has 0 saturated heterocycles. The maximum Gasteiger partial charge on any atom is 0.353 e. The van der Waals surface area contributed by atoms with Crippen molar-refractivity contribution in [3.63, 3.8) is 0 Å². The van der Waals surface area contributed by atoms with Gasteiger partial charge in [0.05, 0.1) is 43.5 Å². The zero-order valence-electron chi connectivity index (χ0n) is 21.3. The van der Waals surface area contributed by atoms with Gasteiger partial charge in [-0.05, 0) is 49.7 Å². The third-order valence-corrected chi connectivity index (χ3v) is 5.72. The zero-order chi connectivity index (χ0) is 27.3. The number of carbonyl (C=O) groups excluding carboxylic acids is 1. The van der Waals surface area contributed by atoms with Crippen LogP contribution in [0.15, 0.2) is 57.0 Å². The van der Waals surface area contributed by atoms with Gasteiger partial charge in [-0.3, -0.25) is 9.36 Å². The van der Waals surface area contributed by atoms with E-state index in [1.807, 2.05) is 13.8 Å². The first kappa shape index (κ1) is 27.6. The van der Waals surface area contributed by atoms with Crippen LogP contribution in [-0.4, -0.2) is 40.1 Å². The zero-order valence-corrected chi connectivity index (χ0v) is 22.1. The van der Waals surface area contributed by atoms with Gasteiger partial charge >= 0.3 is 17.3 Å². The molecule has 0 spiro atoms. The first-order valence-electron chi connectivity index (χ1n) is 11.5. The SMILES string of the molecule is COC(=O)[C@@H](C)Cn1c(=O)n(N)c(=Nc2ccc(OC(C)C)c(Cl)c2)n(Cc2ccc(OC)cc2)c1=O. The lowest BCUT2D eigenvalue weighted by Crippen LogP contribution is -2.58. The lowest BCUT2D eigenvalue weighted by molar-refractivity contribution is -0.145. The van der Waals surface area contributed by atoms with Crippen LogP contribution in [0.4, 0.5) is 5.69 Å². The molecule has 0 bridgehead atoms. The highest BCUT2D eigenvalue weighted by Crippen LogP contribution is 2.29. The number of ether oxygens (including phenoxy) is 3. The van der Waals surface area contributed by atoms with E-state index in [0.29, 0.717) is 22.2 Å². The summed E-state index contributed by atoms with van der Waals surface area (Å²) in [5.41, 5.74) is -0.562. The topological polar surface area (TPSA) is 132 Å². The second-order valence-electron chi connectivity index (χ2n) is 8.60. The van der Waals surface area contributed by atoms with Gasteiger partial charge in [-0.2, -0.15) is 4.68 Å². The fourth-order valence-corrected chi connectivity index (χ4v) is 3.77. The van der Waals surface area contributed by atoms with Crippen molar-refractivity contribution >= 4 is 23.3 Å². The summed E-state index contributed by atoms with van der Waals surface area (Å²) in [6.07, 6.45) is -0.0823. The molecule has 198 valence electrons. The van der Waals surface area contributed by atoms with Crippen molar-refractivity contribution in [1.82, 2.24) is 13.8 Å². The number of methoxy groups -OCH3 is 2. The summed E-state index contributed by atoms with van der Waals surface area (Å²) in [6, 6.07) is 11.9. The smallest absolute Gasteiger partial charge is 0.353 e. The monoisotopic (exact) mass is 531 g/mol. The third kappa shape index (κ3) is 6.42. The molecule has 0 aliphatic heterocycles. The van der Waals surface area contributed by atoms with Gasteiger partial charge in [0.2, 0.25) is 5.62 Å². The summed E-state index contributed by atoms with van der Waals surface area (Å²) < 4.78 is 18.5.